The van der Waals surface area contributed by atoms with E-state index in [1.165, 1.54) is 0 Å². The van der Waals surface area contributed by atoms with Crippen LogP contribution in [0.5, 0.6) is 5.75 Å². The fourth-order valence-corrected chi connectivity index (χ4v) is 1.53. The maximum Gasteiger partial charge on any atom is 0.163 e. The molecule has 0 spiro atoms. The Morgan fingerprint density at radius 1 is 1.19 bits per heavy atom. The van der Waals surface area contributed by atoms with Gasteiger partial charge in [0.25, 0.3) is 0 Å². The van der Waals surface area contributed by atoms with Crippen molar-refractivity contribution >= 4 is 0 Å². The highest BCUT2D eigenvalue weighted by Gasteiger charge is 2.08. The van der Waals surface area contributed by atoms with Gasteiger partial charge in [0.05, 0.1) is 13.3 Å². The first-order chi connectivity index (χ1) is 7.85. The minimum absolute atomic E-state index is 0.711. The topological polar surface area (TPSA) is 35.0 Å². The summed E-state index contributed by atoms with van der Waals surface area (Å²) in [6.07, 6.45) is 2.55. The van der Waals surface area contributed by atoms with E-state index in [-0.39, 0.29) is 0 Å². The van der Waals surface area contributed by atoms with E-state index < -0.39 is 0 Å². The molecule has 0 unspecified atom stereocenters. The minimum atomic E-state index is 0.711. The van der Waals surface area contributed by atoms with Crippen molar-refractivity contribution in [1.29, 1.82) is 0 Å². The van der Waals surface area contributed by atoms with Crippen molar-refractivity contribution in [3.8, 4) is 17.0 Å². The standard InChI is InChI=1S/C13H14N2O/c1-3-12-14-9-11(16-2)13(15-12)10-7-5-4-6-8-10/h4-9H,3H2,1-2H3. The monoisotopic (exact) mass is 214 g/mol. The van der Waals surface area contributed by atoms with Crippen LogP contribution in [0.3, 0.4) is 0 Å². The number of nitrogens with zero attached hydrogens (tertiary/aromatic N) is 2. The van der Waals surface area contributed by atoms with Crippen LogP contribution in [-0.2, 0) is 6.42 Å². The summed E-state index contributed by atoms with van der Waals surface area (Å²) < 4.78 is 5.27. The van der Waals surface area contributed by atoms with Crippen LogP contribution in [0.25, 0.3) is 11.3 Å². The largest absolute Gasteiger partial charge is 0.493 e. The Labute approximate surface area is 95.1 Å². The van der Waals surface area contributed by atoms with Crippen LogP contribution in [-0.4, -0.2) is 17.1 Å². The summed E-state index contributed by atoms with van der Waals surface area (Å²) in [5.41, 5.74) is 1.91. The average Bonchev–Trinajstić information content (AvgIpc) is 2.39. The third-order valence-electron chi connectivity index (χ3n) is 2.39. The van der Waals surface area contributed by atoms with Gasteiger partial charge in [-0.1, -0.05) is 37.3 Å². The zero-order valence-corrected chi connectivity index (χ0v) is 9.47. The van der Waals surface area contributed by atoms with Crippen LogP contribution in [0.1, 0.15) is 12.7 Å². The second-order valence-electron chi connectivity index (χ2n) is 3.42. The number of ether oxygens (including phenoxy) is 1. The first-order valence-corrected chi connectivity index (χ1v) is 5.30. The van der Waals surface area contributed by atoms with E-state index in [2.05, 4.69) is 9.97 Å². The van der Waals surface area contributed by atoms with Crippen molar-refractivity contribution in [1.82, 2.24) is 9.97 Å². The van der Waals surface area contributed by atoms with Gasteiger partial charge in [-0.05, 0) is 0 Å². The Morgan fingerprint density at radius 3 is 2.56 bits per heavy atom. The predicted molar refractivity (Wildman–Crippen MR) is 63.4 cm³/mol. The van der Waals surface area contributed by atoms with Gasteiger partial charge < -0.3 is 4.74 Å². The van der Waals surface area contributed by atoms with Gasteiger partial charge in [-0.15, -0.1) is 0 Å². The lowest BCUT2D eigenvalue weighted by Crippen LogP contribution is -1.98. The molecule has 16 heavy (non-hydrogen) atoms. The first kappa shape index (κ1) is 10.6. The van der Waals surface area contributed by atoms with E-state index in [0.29, 0.717) is 5.75 Å². The Kier molecular flexibility index (Phi) is 3.15. The van der Waals surface area contributed by atoms with Gasteiger partial charge in [-0.2, -0.15) is 0 Å². The van der Waals surface area contributed by atoms with Gasteiger partial charge in [0.2, 0.25) is 0 Å². The number of benzene rings is 1. The van der Waals surface area contributed by atoms with Crippen molar-refractivity contribution in [3.63, 3.8) is 0 Å². The maximum atomic E-state index is 5.27. The number of aromatic nitrogens is 2. The second kappa shape index (κ2) is 4.75. The summed E-state index contributed by atoms with van der Waals surface area (Å²) >= 11 is 0. The lowest BCUT2D eigenvalue weighted by molar-refractivity contribution is 0.412. The van der Waals surface area contributed by atoms with Crippen molar-refractivity contribution in [2.75, 3.05) is 7.11 Å². The van der Waals surface area contributed by atoms with Gasteiger partial charge in [-0.25, -0.2) is 9.97 Å². The Balaban J connectivity index is 2.53. The number of hydrogen-bond acceptors (Lipinski definition) is 3. The van der Waals surface area contributed by atoms with Gasteiger partial charge in [0.15, 0.2) is 5.75 Å². The van der Waals surface area contributed by atoms with E-state index in [0.717, 1.165) is 23.5 Å². The highest BCUT2D eigenvalue weighted by molar-refractivity contribution is 5.65. The lowest BCUT2D eigenvalue weighted by Gasteiger charge is -2.08. The smallest absolute Gasteiger partial charge is 0.163 e. The molecule has 0 amide bonds. The molecule has 3 nitrogen and oxygen atoms in total. The van der Waals surface area contributed by atoms with Gasteiger partial charge >= 0.3 is 0 Å². The van der Waals surface area contributed by atoms with Gasteiger partial charge in [0.1, 0.15) is 11.5 Å². The molecule has 0 saturated heterocycles. The molecule has 3 heteroatoms. The van der Waals surface area contributed by atoms with Crippen LogP contribution >= 0.6 is 0 Å². The highest BCUT2D eigenvalue weighted by Crippen LogP contribution is 2.26. The van der Waals surface area contributed by atoms with E-state index >= 15 is 0 Å². The number of aryl methyl sites for hydroxylation is 1. The zero-order chi connectivity index (χ0) is 11.4. The molecule has 1 aromatic heterocycles. The van der Waals surface area contributed by atoms with Gasteiger partial charge in [-0.3, -0.25) is 0 Å². The summed E-state index contributed by atoms with van der Waals surface area (Å²) in [5, 5.41) is 0. The molecule has 0 aliphatic carbocycles. The van der Waals surface area contributed by atoms with Crippen molar-refractivity contribution < 1.29 is 4.74 Å². The summed E-state index contributed by atoms with van der Waals surface area (Å²) in [4.78, 5) is 8.71. The Morgan fingerprint density at radius 2 is 1.94 bits per heavy atom. The SMILES string of the molecule is CCc1ncc(OC)c(-c2ccccc2)n1. The molecular formula is C13H14N2O. The summed E-state index contributed by atoms with van der Waals surface area (Å²) in [5.74, 6) is 1.54. The van der Waals surface area contributed by atoms with E-state index in [1.807, 2.05) is 37.3 Å². The highest BCUT2D eigenvalue weighted by atomic mass is 16.5. The second-order valence-corrected chi connectivity index (χ2v) is 3.42. The third kappa shape index (κ3) is 2.03. The van der Waals surface area contributed by atoms with Gasteiger partial charge in [0, 0.05) is 12.0 Å². The molecule has 1 heterocycles. The fraction of sp³-hybridized carbons (Fsp3) is 0.231. The molecule has 1 aromatic carbocycles. The molecule has 2 aromatic rings. The first-order valence-electron chi connectivity index (χ1n) is 5.30. The van der Waals surface area contributed by atoms with Crippen LogP contribution in [0.2, 0.25) is 0 Å². The molecule has 0 aliphatic heterocycles. The predicted octanol–water partition coefficient (Wildman–Crippen LogP) is 2.71. The minimum Gasteiger partial charge on any atom is -0.493 e. The molecule has 0 saturated carbocycles. The normalized spacial score (nSPS) is 10.1. The van der Waals surface area contributed by atoms with Crippen molar-refractivity contribution in [2.24, 2.45) is 0 Å². The van der Waals surface area contributed by atoms with E-state index in [1.54, 1.807) is 13.3 Å². The average molecular weight is 214 g/mol. The van der Waals surface area contributed by atoms with E-state index in [4.69, 9.17) is 4.74 Å². The maximum absolute atomic E-state index is 5.27. The quantitative estimate of drug-likeness (QED) is 0.788. The summed E-state index contributed by atoms with van der Waals surface area (Å²) in [6.45, 7) is 2.04. The number of rotatable bonds is 3. The Bertz CT molecular complexity index is 469. The fourth-order valence-electron chi connectivity index (χ4n) is 1.53. The zero-order valence-electron chi connectivity index (χ0n) is 9.47. The third-order valence-corrected chi connectivity index (χ3v) is 2.39. The molecule has 0 fully saturated rings. The molecule has 0 atom stereocenters. The van der Waals surface area contributed by atoms with Crippen LogP contribution in [0.15, 0.2) is 36.5 Å². The number of methoxy groups -OCH3 is 1. The van der Waals surface area contributed by atoms with Crippen molar-refractivity contribution in [3.05, 3.63) is 42.4 Å². The molecule has 0 aliphatic rings. The van der Waals surface area contributed by atoms with E-state index in [9.17, 15) is 0 Å². The van der Waals surface area contributed by atoms with Crippen LogP contribution in [0, 0.1) is 0 Å². The lowest BCUT2D eigenvalue weighted by atomic mass is 10.1. The molecule has 0 bridgehead atoms. The molecule has 0 N–H and O–H groups in total. The van der Waals surface area contributed by atoms with Crippen molar-refractivity contribution in [2.45, 2.75) is 13.3 Å². The molecule has 82 valence electrons. The molecule has 0 radical (unpaired) electrons. The summed E-state index contributed by atoms with van der Waals surface area (Å²) in [7, 11) is 1.64. The Hall–Kier alpha value is -1.90. The van der Waals surface area contributed by atoms with Crippen LogP contribution in [0.4, 0.5) is 0 Å². The number of hydrogen-bond donors (Lipinski definition) is 0. The molecule has 2 rings (SSSR count). The summed E-state index contributed by atoms with van der Waals surface area (Å²) in [6, 6.07) is 10.00. The molecular weight excluding hydrogens is 200 g/mol. The van der Waals surface area contributed by atoms with Crippen LogP contribution < -0.4 is 4.74 Å².